The fraction of sp³-hybridized carbons (Fsp3) is 0.833. The number of amides is 1. The van der Waals surface area contributed by atoms with Gasteiger partial charge in [-0.15, -0.1) is 0 Å². The molecule has 1 amide bonds. The summed E-state index contributed by atoms with van der Waals surface area (Å²) in [5, 5.41) is 11.8. The van der Waals surface area contributed by atoms with Gasteiger partial charge in [0.05, 0.1) is 5.92 Å². The lowest BCUT2D eigenvalue weighted by molar-refractivity contribution is -0.147. The van der Waals surface area contributed by atoms with Crippen LogP contribution in [0.5, 0.6) is 0 Å². The van der Waals surface area contributed by atoms with Gasteiger partial charge >= 0.3 is 5.97 Å². The number of carboxylic acids is 1. The van der Waals surface area contributed by atoms with Crippen LogP contribution >= 0.6 is 0 Å². The van der Waals surface area contributed by atoms with Crippen molar-refractivity contribution in [1.82, 2.24) is 5.32 Å². The van der Waals surface area contributed by atoms with Crippen molar-refractivity contribution in [2.24, 2.45) is 11.7 Å². The van der Waals surface area contributed by atoms with Crippen molar-refractivity contribution in [3.8, 4) is 0 Å². The van der Waals surface area contributed by atoms with Crippen LogP contribution in [-0.2, 0) is 9.59 Å². The van der Waals surface area contributed by atoms with Gasteiger partial charge in [0.2, 0.25) is 5.91 Å². The molecule has 100 valence electrons. The van der Waals surface area contributed by atoms with E-state index in [2.05, 4.69) is 5.32 Å². The van der Waals surface area contributed by atoms with E-state index in [4.69, 9.17) is 10.8 Å². The summed E-state index contributed by atoms with van der Waals surface area (Å²) < 4.78 is 0. The number of carbonyl (C=O) groups is 2. The first-order valence-corrected chi connectivity index (χ1v) is 6.16. The Bertz CT molecular complexity index is 268. The molecule has 0 saturated carbocycles. The van der Waals surface area contributed by atoms with E-state index in [0.717, 1.165) is 6.42 Å². The minimum Gasteiger partial charge on any atom is -0.480 e. The first kappa shape index (κ1) is 15.9. The second-order valence-corrected chi connectivity index (χ2v) is 4.60. The third kappa shape index (κ3) is 4.73. The van der Waals surface area contributed by atoms with Crippen molar-refractivity contribution in [1.29, 1.82) is 0 Å². The molecule has 2 atom stereocenters. The monoisotopic (exact) mass is 244 g/mol. The second kappa shape index (κ2) is 7.27. The maximum Gasteiger partial charge on any atom is 0.329 e. The molecule has 0 aromatic rings. The maximum absolute atomic E-state index is 11.9. The van der Waals surface area contributed by atoms with Gasteiger partial charge in [-0.25, -0.2) is 4.79 Å². The van der Waals surface area contributed by atoms with Gasteiger partial charge < -0.3 is 16.2 Å². The fourth-order valence-corrected chi connectivity index (χ4v) is 1.80. The summed E-state index contributed by atoms with van der Waals surface area (Å²) in [5.41, 5.74) is 4.33. The van der Waals surface area contributed by atoms with Crippen LogP contribution < -0.4 is 11.1 Å². The molecule has 0 bridgehead atoms. The Balaban J connectivity index is 4.64. The van der Waals surface area contributed by atoms with E-state index in [0.29, 0.717) is 19.3 Å². The standard InChI is InChI=1S/C12H24N2O3/c1-4-6-9(8-13)10(15)14-12(3,7-5-2)11(16)17/h9H,4-8,13H2,1-3H3,(H,14,15)(H,16,17). The van der Waals surface area contributed by atoms with Crippen molar-refractivity contribution in [3.05, 3.63) is 0 Å². The van der Waals surface area contributed by atoms with Gasteiger partial charge in [-0.3, -0.25) is 4.79 Å². The van der Waals surface area contributed by atoms with Crippen molar-refractivity contribution in [3.63, 3.8) is 0 Å². The Labute approximate surface area is 103 Å². The van der Waals surface area contributed by atoms with E-state index in [1.54, 1.807) is 0 Å². The lowest BCUT2D eigenvalue weighted by Gasteiger charge is -2.28. The van der Waals surface area contributed by atoms with Crippen LogP contribution in [0.3, 0.4) is 0 Å². The molecule has 5 heteroatoms. The zero-order chi connectivity index (χ0) is 13.5. The molecule has 0 rings (SSSR count). The molecule has 0 radical (unpaired) electrons. The van der Waals surface area contributed by atoms with Crippen LogP contribution in [0.25, 0.3) is 0 Å². The molecule has 0 heterocycles. The minimum absolute atomic E-state index is 0.251. The second-order valence-electron chi connectivity index (χ2n) is 4.60. The van der Waals surface area contributed by atoms with E-state index in [9.17, 15) is 9.59 Å². The normalized spacial score (nSPS) is 16.0. The highest BCUT2D eigenvalue weighted by Crippen LogP contribution is 2.15. The summed E-state index contributed by atoms with van der Waals surface area (Å²) in [4.78, 5) is 23.1. The molecule has 0 saturated heterocycles. The Morgan fingerprint density at radius 2 is 1.94 bits per heavy atom. The first-order valence-electron chi connectivity index (χ1n) is 6.16. The van der Waals surface area contributed by atoms with Gasteiger partial charge in [0.25, 0.3) is 0 Å². The third-order valence-electron chi connectivity index (χ3n) is 2.91. The number of nitrogens with one attached hydrogen (secondary N) is 1. The quantitative estimate of drug-likeness (QED) is 0.596. The van der Waals surface area contributed by atoms with E-state index >= 15 is 0 Å². The molecular weight excluding hydrogens is 220 g/mol. The first-order chi connectivity index (χ1) is 7.91. The predicted octanol–water partition coefficient (Wildman–Crippen LogP) is 1.12. The predicted molar refractivity (Wildman–Crippen MR) is 66.5 cm³/mol. The summed E-state index contributed by atoms with van der Waals surface area (Å²) in [6.07, 6.45) is 2.65. The molecule has 2 unspecified atom stereocenters. The van der Waals surface area contributed by atoms with E-state index < -0.39 is 11.5 Å². The SMILES string of the molecule is CCCC(CN)C(=O)NC(C)(CCC)C(=O)O. The van der Waals surface area contributed by atoms with E-state index in [-0.39, 0.29) is 18.4 Å². The Morgan fingerprint density at radius 1 is 1.35 bits per heavy atom. The molecule has 17 heavy (non-hydrogen) atoms. The fourth-order valence-electron chi connectivity index (χ4n) is 1.80. The summed E-state index contributed by atoms with van der Waals surface area (Å²) in [5.74, 6) is -1.55. The zero-order valence-electron chi connectivity index (χ0n) is 11.0. The maximum atomic E-state index is 11.9. The number of hydrogen-bond donors (Lipinski definition) is 3. The number of carboxylic acid groups (broad SMARTS) is 1. The van der Waals surface area contributed by atoms with Gasteiger partial charge in [0.15, 0.2) is 0 Å². The average Bonchev–Trinajstić information content (AvgIpc) is 2.25. The Morgan fingerprint density at radius 3 is 2.29 bits per heavy atom. The molecule has 4 N–H and O–H groups in total. The molecule has 0 spiro atoms. The van der Waals surface area contributed by atoms with E-state index in [1.807, 2.05) is 13.8 Å². The largest absolute Gasteiger partial charge is 0.480 e. The highest BCUT2D eigenvalue weighted by atomic mass is 16.4. The number of carbonyl (C=O) groups excluding carboxylic acids is 1. The van der Waals surface area contributed by atoms with Crippen LogP contribution in [0, 0.1) is 5.92 Å². The van der Waals surface area contributed by atoms with Crippen LogP contribution in [0.1, 0.15) is 46.5 Å². The Kier molecular flexibility index (Phi) is 6.80. The number of aliphatic carboxylic acids is 1. The highest BCUT2D eigenvalue weighted by Gasteiger charge is 2.35. The summed E-state index contributed by atoms with van der Waals surface area (Å²) >= 11 is 0. The van der Waals surface area contributed by atoms with Crippen molar-refractivity contribution < 1.29 is 14.7 Å². The number of nitrogens with two attached hydrogens (primary N) is 1. The summed E-state index contributed by atoms with van der Waals surface area (Å²) in [7, 11) is 0. The molecular formula is C12H24N2O3. The molecule has 0 aromatic heterocycles. The highest BCUT2D eigenvalue weighted by molar-refractivity contribution is 5.87. The smallest absolute Gasteiger partial charge is 0.329 e. The lowest BCUT2D eigenvalue weighted by atomic mass is 9.94. The van der Waals surface area contributed by atoms with Crippen LogP contribution in [0.15, 0.2) is 0 Å². The van der Waals surface area contributed by atoms with Gasteiger partial charge in [-0.1, -0.05) is 26.7 Å². The number of rotatable bonds is 8. The van der Waals surface area contributed by atoms with Gasteiger partial charge in [0, 0.05) is 6.54 Å². The zero-order valence-corrected chi connectivity index (χ0v) is 11.0. The topological polar surface area (TPSA) is 92.4 Å². The molecule has 0 fully saturated rings. The average molecular weight is 244 g/mol. The van der Waals surface area contributed by atoms with Gasteiger partial charge in [0.1, 0.15) is 5.54 Å². The molecule has 0 aliphatic rings. The molecule has 0 aliphatic carbocycles. The lowest BCUT2D eigenvalue weighted by Crippen LogP contribution is -2.54. The summed E-state index contributed by atoms with van der Waals surface area (Å²) in [6.45, 7) is 5.65. The van der Waals surface area contributed by atoms with Crippen LogP contribution in [-0.4, -0.2) is 29.1 Å². The van der Waals surface area contributed by atoms with Crippen molar-refractivity contribution in [2.45, 2.75) is 52.0 Å². The van der Waals surface area contributed by atoms with Gasteiger partial charge in [-0.05, 0) is 19.8 Å². The minimum atomic E-state index is -1.19. The molecule has 0 aromatic carbocycles. The third-order valence-corrected chi connectivity index (χ3v) is 2.91. The number of hydrogen-bond acceptors (Lipinski definition) is 3. The molecule has 5 nitrogen and oxygen atoms in total. The van der Waals surface area contributed by atoms with Crippen LogP contribution in [0.4, 0.5) is 0 Å². The van der Waals surface area contributed by atoms with Crippen LogP contribution in [0.2, 0.25) is 0 Å². The van der Waals surface area contributed by atoms with E-state index in [1.165, 1.54) is 6.92 Å². The van der Waals surface area contributed by atoms with Gasteiger partial charge in [-0.2, -0.15) is 0 Å². The molecule has 0 aliphatic heterocycles. The summed E-state index contributed by atoms with van der Waals surface area (Å²) in [6, 6.07) is 0. The van der Waals surface area contributed by atoms with Crippen molar-refractivity contribution >= 4 is 11.9 Å². The Hall–Kier alpha value is -1.10. The van der Waals surface area contributed by atoms with Crippen molar-refractivity contribution in [2.75, 3.05) is 6.54 Å².